The van der Waals surface area contributed by atoms with Crippen LogP contribution >= 0.6 is 0 Å². The van der Waals surface area contributed by atoms with Crippen molar-refractivity contribution >= 4 is 0 Å². The van der Waals surface area contributed by atoms with E-state index in [9.17, 15) is 0 Å². The van der Waals surface area contributed by atoms with Crippen molar-refractivity contribution in [1.29, 1.82) is 0 Å². The van der Waals surface area contributed by atoms with Gasteiger partial charge in [0.1, 0.15) is 0 Å². The van der Waals surface area contributed by atoms with Gasteiger partial charge in [-0.1, -0.05) is 169 Å². The van der Waals surface area contributed by atoms with Crippen LogP contribution in [0.2, 0.25) is 0 Å². The highest BCUT2D eigenvalue weighted by Crippen LogP contribution is 2.29. The van der Waals surface area contributed by atoms with E-state index in [0.717, 1.165) is 6.04 Å². The van der Waals surface area contributed by atoms with Crippen LogP contribution in [-0.2, 0) is 0 Å². The summed E-state index contributed by atoms with van der Waals surface area (Å²) in [6.45, 7) is 16.3. The summed E-state index contributed by atoms with van der Waals surface area (Å²) in [7, 11) is 0. The summed E-state index contributed by atoms with van der Waals surface area (Å²) in [5.41, 5.74) is 0. The van der Waals surface area contributed by atoms with Gasteiger partial charge in [0.2, 0.25) is 0 Å². The van der Waals surface area contributed by atoms with Gasteiger partial charge in [0.25, 0.3) is 0 Å². The monoisotopic (exact) mass is 579 g/mol. The molecule has 0 heterocycles. The van der Waals surface area contributed by atoms with Crippen LogP contribution in [0.5, 0.6) is 0 Å². The maximum absolute atomic E-state index is 2.39. The summed E-state index contributed by atoms with van der Waals surface area (Å²) in [4.78, 5) is 0. The van der Waals surface area contributed by atoms with Crippen LogP contribution in [0.25, 0.3) is 0 Å². The van der Waals surface area contributed by atoms with Crippen molar-refractivity contribution in [2.24, 2.45) is 0 Å². The number of hydrogen-bond acceptors (Lipinski definition) is 0. The molecule has 0 N–H and O–H groups in total. The van der Waals surface area contributed by atoms with E-state index < -0.39 is 0 Å². The highest BCUT2D eigenvalue weighted by atomic mass is 15.4. The fourth-order valence-electron chi connectivity index (χ4n) is 7.34. The van der Waals surface area contributed by atoms with E-state index in [1.165, 1.54) is 223 Å². The molecule has 0 amide bonds. The lowest BCUT2D eigenvalue weighted by molar-refractivity contribution is -0.952. The van der Waals surface area contributed by atoms with Gasteiger partial charge >= 0.3 is 0 Å². The molecule has 0 rings (SSSR count). The molecule has 1 heteroatoms. The molecular weight excluding hydrogens is 494 g/mol. The van der Waals surface area contributed by atoms with Crippen molar-refractivity contribution in [1.82, 2.24) is 0 Å². The van der Waals surface area contributed by atoms with E-state index >= 15 is 0 Å². The van der Waals surface area contributed by atoms with Crippen molar-refractivity contribution in [2.75, 3.05) is 19.6 Å². The molecule has 0 aromatic heterocycles. The normalized spacial score (nSPS) is 12.8. The van der Waals surface area contributed by atoms with Gasteiger partial charge in [-0.05, 0) is 64.2 Å². The predicted octanol–water partition coefficient (Wildman–Crippen LogP) is 14.4. The zero-order valence-corrected chi connectivity index (χ0v) is 30.1. The molecule has 0 aliphatic rings. The second kappa shape index (κ2) is 32.9. The first-order chi connectivity index (χ1) is 20.2. The molecule has 1 nitrogen and oxygen atoms in total. The van der Waals surface area contributed by atoms with Gasteiger partial charge < -0.3 is 4.48 Å². The summed E-state index contributed by atoms with van der Waals surface area (Å²) < 4.78 is 1.51. The highest BCUT2D eigenvalue weighted by Gasteiger charge is 2.35. The Morgan fingerprint density at radius 1 is 0.268 bits per heavy atom. The quantitative estimate of drug-likeness (QED) is 0.0518. The number of quaternary nitrogens is 1. The predicted molar refractivity (Wildman–Crippen MR) is 190 cm³/mol. The third kappa shape index (κ3) is 25.0. The average molecular weight is 579 g/mol. The van der Waals surface area contributed by atoms with Gasteiger partial charge in [-0.2, -0.15) is 0 Å². The zero-order chi connectivity index (χ0) is 30.1. The van der Waals surface area contributed by atoms with Crippen LogP contribution in [-0.4, -0.2) is 30.2 Å². The van der Waals surface area contributed by atoms with Crippen molar-refractivity contribution in [2.45, 2.75) is 240 Å². The summed E-state index contributed by atoms with van der Waals surface area (Å²) in [5.74, 6) is 0. The van der Waals surface area contributed by atoms with Crippen LogP contribution in [0, 0.1) is 0 Å². The highest BCUT2D eigenvalue weighted by molar-refractivity contribution is 4.66. The molecule has 0 spiro atoms. The minimum absolute atomic E-state index is 0.935. The molecule has 1 atom stereocenters. The average Bonchev–Trinajstić information content (AvgIpc) is 2.98. The molecule has 41 heavy (non-hydrogen) atoms. The van der Waals surface area contributed by atoms with Gasteiger partial charge in [0.15, 0.2) is 0 Å². The lowest BCUT2D eigenvalue weighted by Gasteiger charge is -2.46. The molecule has 0 aromatic carbocycles. The van der Waals surface area contributed by atoms with E-state index in [0.29, 0.717) is 0 Å². The molecule has 0 saturated carbocycles. The maximum atomic E-state index is 2.39. The first-order valence-corrected chi connectivity index (χ1v) is 20.1. The number of unbranched alkanes of at least 4 members (excludes halogenated alkanes) is 24. The first kappa shape index (κ1) is 41.0. The smallest absolute Gasteiger partial charge is 0.0890 e. The summed E-state index contributed by atoms with van der Waals surface area (Å²) in [6, 6.07) is 0.935. The van der Waals surface area contributed by atoms with E-state index in [1.807, 2.05) is 0 Å². The second-order valence-electron chi connectivity index (χ2n) is 14.1. The Bertz CT molecular complexity index is 455. The van der Waals surface area contributed by atoms with Crippen LogP contribution in [0.1, 0.15) is 234 Å². The number of hydrogen-bond donors (Lipinski definition) is 0. The minimum atomic E-state index is 0.935. The summed E-state index contributed by atoms with van der Waals surface area (Å²) in [6.07, 6.45) is 45.1. The maximum Gasteiger partial charge on any atom is 0.0890 e. The zero-order valence-electron chi connectivity index (χ0n) is 30.1. The molecule has 0 saturated heterocycles. The van der Waals surface area contributed by atoms with Crippen molar-refractivity contribution < 1.29 is 4.48 Å². The molecule has 0 aromatic rings. The lowest BCUT2D eigenvalue weighted by atomic mass is 9.94. The van der Waals surface area contributed by atoms with Crippen molar-refractivity contribution in [3.8, 4) is 0 Å². The SMILES string of the molecule is CCCCCCCCCC(CCCCCCCC)[N+](CCCCCC)(CCCCCCCC)CCCCCCCC. The Morgan fingerprint density at radius 2 is 0.488 bits per heavy atom. The van der Waals surface area contributed by atoms with Crippen LogP contribution in [0.4, 0.5) is 0 Å². The van der Waals surface area contributed by atoms with Gasteiger partial charge in [-0.15, -0.1) is 0 Å². The third-order valence-corrected chi connectivity index (χ3v) is 10.2. The molecule has 0 radical (unpaired) electrons. The van der Waals surface area contributed by atoms with Crippen molar-refractivity contribution in [3.63, 3.8) is 0 Å². The molecule has 0 aliphatic heterocycles. The number of nitrogens with zero attached hydrogens (tertiary/aromatic N) is 1. The first-order valence-electron chi connectivity index (χ1n) is 20.1. The molecule has 0 fully saturated rings. The molecular formula is C40H84N+. The van der Waals surface area contributed by atoms with E-state index in [4.69, 9.17) is 0 Å². The summed E-state index contributed by atoms with van der Waals surface area (Å²) >= 11 is 0. The Hall–Kier alpha value is -0.0400. The van der Waals surface area contributed by atoms with E-state index in [1.54, 1.807) is 0 Å². The second-order valence-corrected chi connectivity index (χ2v) is 14.1. The Kier molecular flexibility index (Phi) is 32.8. The minimum Gasteiger partial charge on any atom is -0.321 e. The van der Waals surface area contributed by atoms with Crippen LogP contribution < -0.4 is 0 Å². The van der Waals surface area contributed by atoms with Crippen LogP contribution in [0.3, 0.4) is 0 Å². The van der Waals surface area contributed by atoms with Gasteiger partial charge in [-0.25, -0.2) is 0 Å². The fourth-order valence-corrected chi connectivity index (χ4v) is 7.34. The van der Waals surface area contributed by atoms with E-state index in [-0.39, 0.29) is 0 Å². The Labute approximate surface area is 263 Å². The summed E-state index contributed by atoms with van der Waals surface area (Å²) in [5, 5.41) is 0. The van der Waals surface area contributed by atoms with Crippen LogP contribution in [0.15, 0.2) is 0 Å². The Morgan fingerprint density at radius 3 is 0.780 bits per heavy atom. The van der Waals surface area contributed by atoms with Gasteiger partial charge in [0.05, 0.1) is 25.7 Å². The standard InChI is InChI=1S/C40H84N/c1-6-11-16-21-25-27-31-36-40(35-30-26-22-17-12-7-2)41(37-32-20-15-10-5,38-33-28-23-18-13-8-3)39-34-29-24-19-14-9-4/h40H,6-39H2,1-5H3/q+1. The molecule has 1 unspecified atom stereocenters. The van der Waals surface area contributed by atoms with Gasteiger partial charge in [0, 0.05) is 0 Å². The molecule has 248 valence electrons. The van der Waals surface area contributed by atoms with Crippen molar-refractivity contribution in [3.05, 3.63) is 0 Å². The number of rotatable bonds is 35. The topological polar surface area (TPSA) is 0 Å². The fraction of sp³-hybridized carbons (Fsp3) is 1.00. The third-order valence-electron chi connectivity index (χ3n) is 10.2. The Balaban J connectivity index is 5.54. The largest absolute Gasteiger partial charge is 0.321 e. The van der Waals surface area contributed by atoms with E-state index in [2.05, 4.69) is 34.6 Å². The van der Waals surface area contributed by atoms with Gasteiger partial charge in [-0.3, -0.25) is 0 Å². The lowest BCUT2D eigenvalue weighted by Crippen LogP contribution is -2.57. The molecule has 0 bridgehead atoms. The molecule has 0 aliphatic carbocycles.